The van der Waals surface area contributed by atoms with E-state index < -0.39 is 30.4 Å². The average Bonchev–Trinajstić information content (AvgIpc) is 3.29. The van der Waals surface area contributed by atoms with Gasteiger partial charge < -0.3 is 42.8 Å². The fourth-order valence-corrected chi connectivity index (χ4v) is 8.74. The number of benzene rings is 1. The molecule has 1 aliphatic carbocycles. The van der Waals surface area contributed by atoms with E-state index in [2.05, 4.69) is 21.5 Å². The van der Waals surface area contributed by atoms with Crippen molar-refractivity contribution in [2.45, 2.75) is 128 Å². The van der Waals surface area contributed by atoms with Gasteiger partial charge in [0, 0.05) is 52.0 Å². The third-order valence-corrected chi connectivity index (χ3v) is 12.1. The van der Waals surface area contributed by atoms with Crippen LogP contribution in [0.15, 0.2) is 24.3 Å². The predicted molar refractivity (Wildman–Crippen MR) is 232 cm³/mol. The number of hydrogen-bond acceptors (Lipinski definition) is 19. The van der Waals surface area contributed by atoms with Crippen molar-refractivity contribution in [1.82, 2.24) is 20.6 Å². The van der Waals surface area contributed by atoms with Gasteiger partial charge in [0.15, 0.2) is 0 Å². The number of amides is 1. The van der Waals surface area contributed by atoms with Crippen LogP contribution in [0, 0.1) is 11.8 Å². The fraction of sp³-hybridized carbons (Fsp3) is 0.822. The first-order valence-electron chi connectivity index (χ1n) is 23.6. The Morgan fingerprint density at radius 2 is 1.45 bits per heavy atom. The lowest BCUT2D eigenvalue weighted by Gasteiger charge is -2.47. The number of unbranched alkanes of at least 4 members (excludes halogenated alkanes) is 6. The quantitative estimate of drug-likeness (QED) is 0.0350. The van der Waals surface area contributed by atoms with E-state index in [1.807, 2.05) is 31.2 Å². The zero-order valence-electron chi connectivity index (χ0n) is 38.9. The molecular formula is C45H78N4O16. The van der Waals surface area contributed by atoms with E-state index in [0.717, 1.165) is 75.8 Å². The summed E-state index contributed by atoms with van der Waals surface area (Å²) in [6.07, 6.45) is 6.43. The minimum atomic E-state index is -0.849. The monoisotopic (exact) mass is 931 g/mol. The van der Waals surface area contributed by atoms with Crippen molar-refractivity contribution in [2.75, 3.05) is 99.4 Å². The maximum Gasteiger partial charge on any atom is 0.508 e. The van der Waals surface area contributed by atoms with E-state index in [-0.39, 0.29) is 74.3 Å². The molecular weight excluding hydrogens is 853 g/mol. The Morgan fingerprint density at radius 1 is 0.800 bits per heavy atom. The molecule has 7 unspecified atom stereocenters. The van der Waals surface area contributed by atoms with Crippen LogP contribution in [0.2, 0.25) is 0 Å². The van der Waals surface area contributed by atoms with Crippen LogP contribution in [0.3, 0.4) is 0 Å². The number of rotatable bonds is 32. The number of piperidine rings is 1. The lowest BCUT2D eigenvalue weighted by atomic mass is 9.81. The molecule has 4 N–H and O–H groups in total. The molecule has 2 heterocycles. The van der Waals surface area contributed by atoms with Gasteiger partial charge in [-0.3, -0.25) is 35.4 Å². The van der Waals surface area contributed by atoms with E-state index in [0.29, 0.717) is 71.7 Å². The van der Waals surface area contributed by atoms with Crippen LogP contribution in [0.1, 0.15) is 108 Å². The Labute approximate surface area is 384 Å². The smallest absolute Gasteiger partial charge is 0.449 e. The average molecular weight is 931 g/mol. The number of ether oxygens (including phenoxy) is 8. The Bertz CT molecular complexity index is 1420. The summed E-state index contributed by atoms with van der Waals surface area (Å²) in [5.41, 5.74) is 1.88. The van der Waals surface area contributed by atoms with Crippen LogP contribution >= 0.6 is 0 Å². The first kappa shape index (κ1) is 54.8. The highest BCUT2D eigenvalue weighted by Crippen LogP contribution is 2.37. The Morgan fingerprint density at radius 3 is 2.11 bits per heavy atom. The molecule has 0 aromatic heterocycles. The minimum absolute atomic E-state index is 0.0604. The molecule has 3 fully saturated rings. The van der Waals surface area contributed by atoms with Crippen LogP contribution < -0.4 is 0 Å². The van der Waals surface area contributed by atoms with E-state index >= 15 is 0 Å². The van der Waals surface area contributed by atoms with Crippen LogP contribution in [0.25, 0.3) is 0 Å². The van der Waals surface area contributed by atoms with E-state index in [4.69, 9.17) is 58.7 Å². The molecule has 1 saturated carbocycles. The summed E-state index contributed by atoms with van der Waals surface area (Å²) in [5, 5.41) is 34.3. The molecule has 0 bridgehead atoms. The van der Waals surface area contributed by atoms with Crippen LogP contribution in [0.5, 0.6) is 0 Å². The zero-order chi connectivity index (χ0) is 46.7. The summed E-state index contributed by atoms with van der Waals surface area (Å²) in [4.78, 5) is 40.4. The maximum absolute atomic E-state index is 13.7. The second kappa shape index (κ2) is 32.0. The highest BCUT2D eigenvalue weighted by Gasteiger charge is 2.44. The summed E-state index contributed by atoms with van der Waals surface area (Å²) in [6.45, 7) is 10.9. The van der Waals surface area contributed by atoms with E-state index in [9.17, 15) is 9.59 Å². The van der Waals surface area contributed by atoms with Crippen molar-refractivity contribution in [1.29, 1.82) is 0 Å². The van der Waals surface area contributed by atoms with Gasteiger partial charge in [0.05, 0.1) is 94.9 Å². The number of hydrogen-bond donors (Lipinski definition) is 4. The lowest BCUT2D eigenvalue weighted by Crippen LogP contribution is -2.56. The third-order valence-electron chi connectivity index (χ3n) is 12.1. The van der Waals surface area contributed by atoms with Gasteiger partial charge in [-0.25, -0.2) is 9.59 Å². The van der Waals surface area contributed by atoms with Gasteiger partial charge in [0.2, 0.25) is 0 Å². The first-order valence-corrected chi connectivity index (χ1v) is 23.6. The zero-order valence-corrected chi connectivity index (χ0v) is 38.9. The summed E-state index contributed by atoms with van der Waals surface area (Å²) in [6, 6.07) is 8.34. The molecule has 3 aliphatic rings. The van der Waals surface area contributed by atoms with Crippen LogP contribution in [-0.4, -0.2) is 177 Å². The largest absolute Gasteiger partial charge is 0.508 e. The maximum atomic E-state index is 13.7. The number of methoxy groups -OCH3 is 1. The normalized spacial score (nSPS) is 23.1. The molecule has 374 valence electrons. The predicted octanol–water partition coefficient (Wildman–Crippen LogP) is 6.37. The fourth-order valence-electron chi connectivity index (χ4n) is 8.74. The number of nitrogens with zero attached hydrogens (tertiary/aromatic N) is 4. The van der Waals surface area contributed by atoms with Gasteiger partial charge in [0.1, 0.15) is 6.10 Å². The number of morpholine rings is 1. The van der Waals surface area contributed by atoms with Crippen molar-refractivity contribution < 1.29 is 78.0 Å². The summed E-state index contributed by atoms with van der Waals surface area (Å²) >= 11 is 0. The van der Waals surface area contributed by atoms with Crippen molar-refractivity contribution in [2.24, 2.45) is 11.8 Å². The molecule has 2 aliphatic heterocycles. The molecule has 1 aromatic carbocycles. The van der Waals surface area contributed by atoms with Gasteiger partial charge in [0.25, 0.3) is 0 Å². The van der Waals surface area contributed by atoms with Gasteiger partial charge in [-0.15, -0.1) is 0 Å². The van der Waals surface area contributed by atoms with Crippen LogP contribution in [-0.2, 0) is 54.2 Å². The van der Waals surface area contributed by atoms with Crippen molar-refractivity contribution in [3.8, 4) is 0 Å². The number of carbonyl (C=O) groups excluding carboxylic acids is 2. The molecule has 1 aromatic rings. The van der Waals surface area contributed by atoms with E-state index in [1.165, 1.54) is 0 Å². The Hall–Kier alpha value is -2.80. The topological polar surface area (TPSA) is 220 Å². The molecule has 0 spiro atoms. The highest BCUT2D eigenvalue weighted by atomic mass is 17.1. The van der Waals surface area contributed by atoms with Gasteiger partial charge in [-0.2, -0.15) is 0 Å². The molecule has 1 amide bonds. The lowest BCUT2D eigenvalue weighted by molar-refractivity contribution is -0.492. The molecule has 2 saturated heterocycles. The molecule has 20 heteroatoms. The van der Waals surface area contributed by atoms with E-state index in [1.54, 1.807) is 12.0 Å². The number of likely N-dealkylation sites (tertiary alicyclic amines) is 1. The van der Waals surface area contributed by atoms with Crippen molar-refractivity contribution in [3.05, 3.63) is 35.4 Å². The van der Waals surface area contributed by atoms with Gasteiger partial charge in [-0.05, 0) is 88.2 Å². The molecule has 7 atom stereocenters. The van der Waals surface area contributed by atoms with Gasteiger partial charge in [-0.1, -0.05) is 44.0 Å². The van der Waals surface area contributed by atoms with Crippen molar-refractivity contribution in [3.63, 3.8) is 0 Å². The molecule has 4 rings (SSSR count). The third kappa shape index (κ3) is 21.4. The molecule has 0 radical (unpaired) electrons. The summed E-state index contributed by atoms with van der Waals surface area (Å²) in [7, 11) is 1.73. The second-order valence-electron chi connectivity index (χ2n) is 17.2. The highest BCUT2D eigenvalue weighted by molar-refractivity contribution is 5.68. The molecule has 20 nitrogen and oxygen atoms in total. The Kier molecular flexibility index (Phi) is 27.0. The number of fused-ring (bicyclic) bond motifs is 1. The minimum Gasteiger partial charge on any atom is -0.449 e. The first-order chi connectivity index (χ1) is 31.6. The number of carbonyl (C=O) groups is 2. The standard InChI is InChI=1S/C45H78N4O16/c1-4-57-31-35(2)32-58-33-36-14-17-38(18-15-36)43-41(62-34-37-16-19-40-39(28-37)46(21-27-59-40)20-13-22-56-3)29-47(44(50)60-23-9-5-7-11-25-63-48(52)53)30-42(43)65-45(51)61-24-10-6-8-12-26-64-49(54)55/h14-15,17-18,35,37,39-43,52-55H,4-13,16,19-34H2,1-3H3. The molecule has 65 heavy (non-hydrogen) atoms. The SMILES string of the molecule is CCOCC(C)COCc1ccc(C2C(OCC3CCC4OCCN(CCCOC)C4C3)CN(C(=O)OCCCCCCON(O)O)CC2OC(=O)OCCCCCCON(O)O)cc1. The summed E-state index contributed by atoms with van der Waals surface area (Å²) in [5.74, 6) is 0.0647. The van der Waals surface area contributed by atoms with Gasteiger partial charge >= 0.3 is 12.2 Å². The van der Waals surface area contributed by atoms with Crippen molar-refractivity contribution >= 4 is 12.2 Å². The second-order valence-corrected chi connectivity index (χ2v) is 17.2. The Balaban J connectivity index is 1.48. The van der Waals surface area contributed by atoms with Crippen LogP contribution in [0.4, 0.5) is 9.59 Å². The summed E-state index contributed by atoms with van der Waals surface area (Å²) < 4.78 is 47.5.